The number of aromatic nitrogens is 3. The van der Waals surface area contributed by atoms with Crippen molar-refractivity contribution in [3.8, 4) is 0 Å². The van der Waals surface area contributed by atoms with Crippen LogP contribution in [-0.4, -0.2) is 31.2 Å². The summed E-state index contributed by atoms with van der Waals surface area (Å²) in [6.45, 7) is 7.28. The molecule has 3 rings (SSSR count). The summed E-state index contributed by atoms with van der Waals surface area (Å²) in [5.74, 6) is -1.27. The first-order valence-corrected chi connectivity index (χ1v) is 8.91. The molecule has 142 valence electrons. The van der Waals surface area contributed by atoms with Crippen LogP contribution >= 0.6 is 0 Å². The number of carboxylic acids is 1. The van der Waals surface area contributed by atoms with Crippen molar-refractivity contribution in [1.82, 2.24) is 15.0 Å². The molecule has 0 fully saturated rings. The zero-order valence-corrected chi connectivity index (χ0v) is 16.3. The van der Waals surface area contributed by atoms with Crippen LogP contribution in [0.15, 0.2) is 30.3 Å². The van der Waals surface area contributed by atoms with Crippen molar-refractivity contribution in [2.45, 2.75) is 40.2 Å². The van der Waals surface area contributed by atoms with Crippen molar-refractivity contribution in [2.75, 3.05) is 0 Å². The van der Waals surface area contributed by atoms with Crippen LogP contribution in [0.5, 0.6) is 0 Å². The lowest BCUT2D eigenvalue weighted by Crippen LogP contribution is -2.32. The molecule has 6 nitrogen and oxygen atoms in total. The molecule has 2 N–H and O–H groups in total. The maximum Gasteiger partial charge on any atom is 0.310 e. The van der Waals surface area contributed by atoms with E-state index in [4.69, 9.17) is 0 Å². The van der Waals surface area contributed by atoms with Gasteiger partial charge in [0.25, 0.3) is 0 Å². The first-order valence-electron chi connectivity index (χ1n) is 8.91. The molecule has 3 aromatic rings. The Morgan fingerprint density at radius 1 is 1.22 bits per heavy atom. The highest BCUT2D eigenvalue weighted by Crippen LogP contribution is 2.43. The van der Waals surface area contributed by atoms with Crippen LogP contribution in [0.4, 0.5) is 0 Å². The number of aliphatic hydroxyl groups is 1. The van der Waals surface area contributed by atoms with Crippen molar-refractivity contribution in [3.63, 3.8) is 0 Å². The van der Waals surface area contributed by atoms with Gasteiger partial charge in [0.2, 0.25) is 0 Å². The van der Waals surface area contributed by atoms with E-state index in [1.807, 2.05) is 51.2 Å². The van der Waals surface area contributed by atoms with Crippen LogP contribution in [0.2, 0.25) is 0 Å². The molecule has 0 bridgehead atoms. The average Bonchev–Trinajstić information content (AvgIpc) is 3.00. The molecule has 27 heavy (non-hydrogen) atoms. The fraction of sp³-hybridized carbons (Fsp3) is 0.381. The third-order valence-corrected chi connectivity index (χ3v) is 5.54. The first kappa shape index (κ1) is 19.0. The second-order valence-corrected chi connectivity index (χ2v) is 7.66. The molecule has 0 aliphatic rings. The van der Waals surface area contributed by atoms with E-state index < -0.39 is 17.3 Å². The molecule has 0 aliphatic carbocycles. The number of hydrogen-bond acceptors (Lipinski definition) is 4. The Kier molecular flexibility index (Phi) is 4.78. The van der Waals surface area contributed by atoms with Crippen molar-refractivity contribution in [3.05, 3.63) is 58.1 Å². The number of aliphatic carboxylic acids is 1. The third kappa shape index (κ3) is 3.10. The highest BCUT2D eigenvalue weighted by molar-refractivity contribution is 5.81. The summed E-state index contributed by atoms with van der Waals surface area (Å²) in [6, 6.07) is 9.69. The lowest BCUT2D eigenvalue weighted by Gasteiger charge is -2.33. The Labute approximate surface area is 158 Å². The quantitative estimate of drug-likeness (QED) is 0.722. The van der Waals surface area contributed by atoms with E-state index in [9.17, 15) is 15.0 Å². The van der Waals surface area contributed by atoms with Gasteiger partial charge in [-0.15, -0.1) is 5.10 Å². The molecule has 0 spiro atoms. The van der Waals surface area contributed by atoms with Crippen molar-refractivity contribution >= 4 is 17.0 Å². The molecule has 1 atom stereocenters. The van der Waals surface area contributed by atoms with Crippen LogP contribution in [-0.2, 0) is 18.4 Å². The Morgan fingerprint density at radius 2 is 1.93 bits per heavy atom. The fourth-order valence-corrected chi connectivity index (χ4v) is 3.71. The Balaban J connectivity index is 2.29. The molecule has 0 saturated heterocycles. The number of fused-ring (bicyclic) bond motifs is 1. The predicted molar refractivity (Wildman–Crippen MR) is 104 cm³/mol. The van der Waals surface area contributed by atoms with Gasteiger partial charge in [-0.3, -0.25) is 4.79 Å². The molecule has 0 amide bonds. The molecule has 2 aromatic carbocycles. The van der Waals surface area contributed by atoms with Crippen molar-refractivity contribution in [1.29, 1.82) is 0 Å². The first-order chi connectivity index (χ1) is 12.7. The van der Waals surface area contributed by atoms with Gasteiger partial charge in [-0.05, 0) is 61.6 Å². The predicted octanol–water partition coefficient (Wildman–Crippen LogP) is 3.32. The minimum atomic E-state index is -1.05. The lowest BCUT2D eigenvalue weighted by molar-refractivity contribution is -0.147. The monoisotopic (exact) mass is 367 g/mol. The number of benzene rings is 2. The van der Waals surface area contributed by atoms with Gasteiger partial charge in [-0.2, -0.15) is 0 Å². The molecule has 0 saturated carbocycles. The van der Waals surface area contributed by atoms with Gasteiger partial charge in [0.15, 0.2) is 0 Å². The third-order valence-electron chi connectivity index (χ3n) is 5.54. The summed E-state index contributed by atoms with van der Waals surface area (Å²) in [6.07, 6.45) is 0. The van der Waals surface area contributed by atoms with Gasteiger partial charge in [-0.25, -0.2) is 4.68 Å². The van der Waals surface area contributed by atoms with Gasteiger partial charge >= 0.3 is 5.97 Å². The van der Waals surface area contributed by atoms with E-state index in [0.717, 1.165) is 38.9 Å². The van der Waals surface area contributed by atoms with Crippen LogP contribution in [0.25, 0.3) is 11.0 Å². The number of rotatable bonds is 5. The van der Waals surface area contributed by atoms with E-state index in [2.05, 4.69) is 10.3 Å². The van der Waals surface area contributed by atoms with E-state index in [0.29, 0.717) is 0 Å². The molecule has 1 unspecified atom stereocenters. The van der Waals surface area contributed by atoms with Gasteiger partial charge in [-0.1, -0.05) is 29.5 Å². The number of aliphatic hydroxyl groups excluding tert-OH is 1. The largest absolute Gasteiger partial charge is 0.481 e. The van der Waals surface area contributed by atoms with E-state index >= 15 is 0 Å². The molecule has 1 aromatic heterocycles. The summed E-state index contributed by atoms with van der Waals surface area (Å²) < 4.78 is 1.71. The van der Waals surface area contributed by atoms with Crippen LogP contribution in [0.1, 0.15) is 47.6 Å². The Hall–Kier alpha value is -2.73. The maximum atomic E-state index is 12.1. The van der Waals surface area contributed by atoms with E-state index in [1.165, 1.54) is 0 Å². The molecule has 1 heterocycles. The van der Waals surface area contributed by atoms with Crippen LogP contribution in [0.3, 0.4) is 0 Å². The SMILES string of the molecule is Cc1ccc(C(c2ccc3c(nnn3C)c2C)C(C)(C)C(=O)O)cc1CO. The van der Waals surface area contributed by atoms with E-state index in [-0.39, 0.29) is 6.61 Å². The molecule has 0 radical (unpaired) electrons. The lowest BCUT2D eigenvalue weighted by atomic mass is 9.69. The summed E-state index contributed by atoms with van der Waals surface area (Å²) in [5.41, 5.74) is 5.10. The number of aryl methyl sites for hydroxylation is 3. The van der Waals surface area contributed by atoms with E-state index in [1.54, 1.807) is 18.5 Å². The highest BCUT2D eigenvalue weighted by atomic mass is 16.4. The number of hydrogen-bond donors (Lipinski definition) is 2. The van der Waals surface area contributed by atoms with Crippen LogP contribution in [0, 0.1) is 19.3 Å². The maximum absolute atomic E-state index is 12.1. The minimum absolute atomic E-state index is 0.0813. The zero-order valence-electron chi connectivity index (χ0n) is 16.3. The van der Waals surface area contributed by atoms with Crippen molar-refractivity contribution < 1.29 is 15.0 Å². The molecule has 0 aliphatic heterocycles. The number of carbonyl (C=O) groups is 1. The minimum Gasteiger partial charge on any atom is -0.481 e. The van der Waals surface area contributed by atoms with Gasteiger partial charge < -0.3 is 10.2 Å². The second-order valence-electron chi connectivity index (χ2n) is 7.66. The summed E-state index contributed by atoms with van der Waals surface area (Å²) in [7, 11) is 1.83. The smallest absolute Gasteiger partial charge is 0.310 e. The number of carboxylic acid groups (broad SMARTS) is 1. The zero-order chi connectivity index (χ0) is 19.9. The summed E-state index contributed by atoms with van der Waals surface area (Å²) in [5, 5.41) is 27.9. The normalized spacial score (nSPS) is 13.1. The topological polar surface area (TPSA) is 88.2 Å². The fourth-order valence-electron chi connectivity index (χ4n) is 3.71. The van der Waals surface area contributed by atoms with Crippen LogP contribution < -0.4 is 0 Å². The van der Waals surface area contributed by atoms with Gasteiger partial charge in [0.05, 0.1) is 17.5 Å². The Bertz CT molecular complexity index is 1020. The molecule has 6 heteroatoms. The molecular formula is C21H25N3O3. The number of nitrogens with zero attached hydrogens (tertiary/aromatic N) is 3. The summed E-state index contributed by atoms with van der Waals surface area (Å²) >= 11 is 0. The van der Waals surface area contributed by atoms with Crippen molar-refractivity contribution in [2.24, 2.45) is 12.5 Å². The van der Waals surface area contributed by atoms with Gasteiger partial charge in [0.1, 0.15) is 5.52 Å². The summed E-state index contributed by atoms with van der Waals surface area (Å²) in [4.78, 5) is 12.1. The van der Waals surface area contributed by atoms with Gasteiger partial charge in [0, 0.05) is 13.0 Å². The average molecular weight is 367 g/mol. The molecular weight excluding hydrogens is 342 g/mol. The Morgan fingerprint density at radius 3 is 2.56 bits per heavy atom. The second kappa shape index (κ2) is 6.78. The standard InChI is InChI=1S/C21H25N3O3/c1-12-6-7-14(10-15(12)11-25)18(21(3,4)20(26)27)16-8-9-17-19(13(16)2)22-23-24(17)5/h6-10,18,25H,11H2,1-5H3,(H,26,27). The highest BCUT2D eigenvalue weighted by Gasteiger charge is 2.40.